The maximum absolute atomic E-state index is 12.2. The van der Waals surface area contributed by atoms with Crippen LogP contribution in [0, 0.1) is 10.1 Å². The number of nitrogens with zero attached hydrogens (tertiary/aromatic N) is 4. The van der Waals surface area contributed by atoms with E-state index in [9.17, 15) is 14.9 Å². The molecule has 0 fully saturated rings. The molecule has 0 aliphatic carbocycles. The van der Waals surface area contributed by atoms with E-state index in [1.807, 2.05) is 12.1 Å². The number of primary amides is 1. The number of carbonyl (C=O) groups is 1. The summed E-state index contributed by atoms with van der Waals surface area (Å²) < 4.78 is 1.63. The summed E-state index contributed by atoms with van der Waals surface area (Å²) in [6.07, 6.45) is 0. The van der Waals surface area contributed by atoms with Crippen molar-refractivity contribution in [3.05, 3.63) is 86.1 Å². The Labute approximate surface area is 186 Å². The molecule has 158 valence electrons. The molecular weight excluding hydrogens is 440 g/mol. The van der Waals surface area contributed by atoms with Gasteiger partial charge in [-0.3, -0.25) is 14.9 Å². The largest absolute Gasteiger partial charge is 0.366 e. The van der Waals surface area contributed by atoms with Gasteiger partial charge in [0.15, 0.2) is 0 Å². The van der Waals surface area contributed by atoms with Gasteiger partial charge in [0.05, 0.1) is 10.5 Å². The van der Waals surface area contributed by atoms with E-state index in [0.717, 1.165) is 11.1 Å². The summed E-state index contributed by atoms with van der Waals surface area (Å²) in [4.78, 5) is 27.1. The predicted octanol–water partition coefficient (Wildman–Crippen LogP) is 3.91. The summed E-state index contributed by atoms with van der Waals surface area (Å²) in [6, 6.07) is 12.9. The molecule has 3 N–H and O–H groups in total. The molecule has 1 unspecified atom stereocenters. The minimum absolute atomic E-state index is 0.0415. The molecule has 31 heavy (non-hydrogen) atoms. The van der Waals surface area contributed by atoms with Crippen molar-refractivity contribution in [3.8, 4) is 0 Å². The number of thioether (sulfide) groups is 1. The van der Waals surface area contributed by atoms with Crippen LogP contribution >= 0.6 is 23.4 Å². The maximum Gasteiger partial charge on any atom is 0.269 e. The number of rotatable bonds is 6. The molecule has 1 aliphatic heterocycles. The number of hydrogen-bond acceptors (Lipinski definition) is 7. The third kappa shape index (κ3) is 4.25. The Morgan fingerprint density at radius 2 is 1.94 bits per heavy atom. The lowest BCUT2D eigenvalue weighted by Crippen LogP contribution is -2.31. The number of anilines is 1. The number of nitrogens with two attached hydrogens (primary N) is 1. The molecule has 1 aromatic heterocycles. The van der Waals surface area contributed by atoms with Gasteiger partial charge >= 0.3 is 0 Å². The van der Waals surface area contributed by atoms with Gasteiger partial charge in [0.2, 0.25) is 17.0 Å². The van der Waals surface area contributed by atoms with Crippen LogP contribution in [0.4, 0.5) is 11.6 Å². The Balaban J connectivity index is 1.62. The molecule has 0 spiro atoms. The number of allylic oxidation sites excluding steroid dienone is 1. The van der Waals surface area contributed by atoms with E-state index in [1.165, 1.54) is 23.9 Å². The monoisotopic (exact) mass is 456 g/mol. The lowest BCUT2D eigenvalue weighted by Gasteiger charge is -2.27. The predicted molar refractivity (Wildman–Crippen MR) is 118 cm³/mol. The Morgan fingerprint density at radius 1 is 1.26 bits per heavy atom. The summed E-state index contributed by atoms with van der Waals surface area (Å²) in [5.41, 5.74) is 8.42. The fraction of sp³-hybridized carbons (Fsp3) is 0.150. The van der Waals surface area contributed by atoms with E-state index in [2.05, 4.69) is 15.4 Å². The van der Waals surface area contributed by atoms with Crippen molar-refractivity contribution in [3.63, 3.8) is 0 Å². The van der Waals surface area contributed by atoms with Gasteiger partial charge in [0.1, 0.15) is 6.04 Å². The van der Waals surface area contributed by atoms with E-state index in [1.54, 1.807) is 35.9 Å². The van der Waals surface area contributed by atoms with Gasteiger partial charge in [0, 0.05) is 28.6 Å². The molecule has 3 aromatic rings. The van der Waals surface area contributed by atoms with Crippen LogP contribution in [0.15, 0.2) is 65.0 Å². The highest BCUT2D eigenvalue weighted by atomic mass is 35.5. The average molecular weight is 457 g/mol. The third-order valence-corrected chi connectivity index (χ3v) is 5.96. The minimum Gasteiger partial charge on any atom is -0.366 e. The van der Waals surface area contributed by atoms with Crippen LogP contribution in [0.3, 0.4) is 0 Å². The lowest BCUT2D eigenvalue weighted by atomic mass is 9.95. The number of amides is 1. The number of aromatic nitrogens is 3. The molecule has 1 aliphatic rings. The third-order valence-electron chi connectivity index (χ3n) is 4.80. The summed E-state index contributed by atoms with van der Waals surface area (Å²) in [7, 11) is 0. The van der Waals surface area contributed by atoms with Crippen molar-refractivity contribution in [2.24, 2.45) is 5.73 Å². The number of benzene rings is 2. The number of nitrogens with one attached hydrogen (secondary N) is 1. The van der Waals surface area contributed by atoms with Crippen LogP contribution < -0.4 is 11.1 Å². The van der Waals surface area contributed by atoms with Gasteiger partial charge < -0.3 is 11.1 Å². The van der Waals surface area contributed by atoms with E-state index in [-0.39, 0.29) is 5.69 Å². The van der Waals surface area contributed by atoms with Crippen molar-refractivity contribution in [2.75, 3.05) is 5.32 Å². The molecule has 0 bridgehead atoms. The molecule has 4 rings (SSSR count). The zero-order chi connectivity index (χ0) is 22.1. The SMILES string of the molecule is CC1=C(C(N)=O)C(c2ccc(Cl)cc2)n2nc(SCc3ccc([N+](=O)[O-])cc3)nc2N1. The molecule has 0 saturated carbocycles. The Kier molecular flexibility index (Phi) is 5.66. The van der Waals surface area contributed by atoms with Crippen molar-refractivity contribution in [2.45, 2.75) is 23.9 Å². The highest BCUT2D eigenvalue weighted by Gasteiger charge is 2.33. The van der Waals surface area contributed by atoms with Gasteiger partial charge in [-0.1, -0.05) is 47.6 Å². The van der Waals surface area contributed by atoms with Crippen LogP contribution in [-0.4, -0.2) is 25.6 Å². The minimum atomic E-state index is -0.550. The standard InChI is InChI=1S/C20H17ClN6O3S/c1-11-16(18(22)28)17(13-4-6-14(21)7-5-13)26-19(23-11)24-20(25-26)31-10-12-2-8-15(9-3-12)27(29)30/h2-9,17H,10H2,1H3,(H2,22,28)(H,23,24,25). The van der Waals surface area contributed by atoms with Crippen LogP contribution in [0.1, 0.15) is 24.1 Å². The van der Waals surface area contributed by atoms with Gasteiger partial charge in [-0.05, 0) is 30.2 Å². The highest BCUT2D eigenvalue weighted by molar-refractivity contribution is 7.98. The number of carbonyl (C=O) groups excluding carboxylic acids is 1. The number of nitro benzene ring substituents is 1. The fourth-order valence-electron chi connectivity index (χ4n) is 3.33. The molecule has 0 radical (unpaired) electrons. The zero-order valence-electron chi connectivity index (χ0n) is 16.3. The topological polar surface area (TPSA) is 129 Å². The first-order valence-corrected chi connectivity index (χ1v) is 10.6. The number of halogens is 1. The van der Waals surface area contributed by atoms with E-state index in [0.29, 0.717) is 33.2 Å². The molecule has 0 saturated heterocycles. The number of nitro groups is 1. The number of non-ortho nitro benzene ring substituents is 1. The highest BCUT2D eigenvalue weighted by Crippen LogP contribution is 2.36. The second-order valence-corrected chi connectivity index (χ2v) is 8.24. The van der Waals surface area contributed by atoms with Crippen molar-refractivity contribution < 1.29 is 9.72 Å². The molecule has 2 heterocycles. The Bertz CT molecular complexity index is 1190. The molecule has 9 nitrogen and oxygen atoms in total. The Morgan fingerprint density at radius 3 is 2.55 bits per heavy atom. The smallest absolute Gasteiger partial charge is 0.269 e. The normalized spacial score (nSPS) is 15.4. The van der Waals surface area contributed by atoms with Crippen LogP contribution in [0.5, 0.6) is 0 Å². The zero-order valence-corrected chi connectivity index (χ0v) is 17.9. The molecular formula is C20H17ClN6O3S. The van der Waals surface area contributed by atoms with E-state index >= 15 is 0 Å². The van der Waals surface area contributed by atoms with E-state index in [4.69, 9.17) is 17.3 Å². The first-order chi connectivity index (χ1) is 14.8. The molecule has 1 atom stereocenters. The average Bonchev–Trinajstić information content (AvgIpc) is 3.14. The van der Waals surface area contributed by atoms with Crippen molar-refractivity contribution in [1.82, 2.24) is 14.8 Å². The van der Waals surface area contributed by atoms with Crippen molar-refractivity contribution in [1.29, 1.82) is 0 Å². The fourth-order valence-corrected chi connectivity index (χ4v) is 4.24. The molecule has 11 heteroatoms. The van der Waals surface area contributed by atoms with Gasteiger partial charge in [-0.25, -0.2) is 4.68 Å². The molecule has 1 amide bonds. The summed E-state index contributed by atoms with van der Waals surface area (Å²) in [5.74, 6) is 0.474. The van der Waals surface area contributed by atoms with Crippen LogP contribution in [0.2, 0.25) is 5.02 Å². The van der Waals surface area contributed by atoms with Crippen LogP contribution in [0.25, 0.3) is 0 Å². The second-order valence-electron chi connectivity index (χ2n) is 6.86. The molecule has 2 aromatic carbocycles. The van der Waals surface area contributed by atoms with Crippen LogP contribution in [-0.2, 0) is 10.5 Å². The van der Waals surface area contributed by atoms with Gasteiger partial charge in [0.25, 0.3) is 5.69 Å². The number of fused-ring (bicyclic) bond motifs is 1. The van der Waals surface area contributed by atoms with Gasteiger partial charge in [-0.2, -0.15) is 4.98 Å². The van der Waals surface area contributed by atoms with Gasteiger partial charge in [-0.15, -0.1) is 5.10 Å². The summed E-state index contributed by atoms with van der Waals surface area (Å²) in [6.45, 7) is 1.77. The lowest BCUT2D eigenvalue weighted by molar-refractivity contribution is -0.384. The summed E-state index contributed by atoms with van der Waals surface area (Å²) in [5, 5.41) is 19.6. The number of hydrogen-bond donors (Lipinski definition) is 2. The first kappa shape index (κ1) is 20.9. The van der Waals surface area contributed by atoms with Crippen molar-refractivity contribution >= 4 is 40.9 Å². The second kappa shape index (κ2) is 8.40. The maximum atomic E-state index is 12.2. The quantitative estimate of drug-likeness (QED) is 0.327. The first-order valence-electron chi connectivity index (χ1n) is 9.19. The summed E-state index contributed by atoms with van der Waals surface area (Å²) >= 11 is 7.40. The van der Waals surface area contributed by atoms with E-state index < -0.39 is 16.9 Å². The Hall–Kier alpha value is -3.37.